The van der Waals surface area contributed by atoms with Crippen LogP contribution < -0.4 is 10.0 Å². The van der Waals surface area contributed by atoms with Gasteiger partial charge in [-0.1, -0.05) is 12.1 Å². The second-order valence-corrected chi connectivity index (χ2v) is 8.08. The molecule has 134 valence electrons. The van der Waals surface area contributed by atoms with Crippen LogP contribution in [-0.4, -0.2) is 31.9 Å². The number of thiophene rings is 1. The molecule has 0 saturated carbocycles. The number of carbonyl (C=O) groups excluding carboxylic acids is 1. The third kappa shape index (κ3) is 5.87. The number of sulfonamides is 1. The number of amides is 1. The summed E-state index contributed by atoms with van der Waals surface area (Å²) < 4.78 is 27.0. The van der Waals surface area contributed by atoms with Crippen LogP contribution in [-0.2, 0) is 14.8 Å². The Morgan fingerprint density at radius 1 is 1.12 bits per heavy atom. The van der Waals surface area contributed by atoms with Gasteiger partial charge in [-0.2, -0.15) is 0 Å². The van der Waals surface area contributed by atoms with E-state index >= 15 is 0 Å². The predicted octanol–water partition coefficient (Wildman–Crippen LogP) is 2.53. The third-order valence-electron chi connectivity index (χ3n) is 3.24. The summed E-state index contributed by atoms with van der Waals surface area (Å²) in [7, 11) is -3.66. The molecule has 1 aromatic heterocycles. The number of unbranched alkanes of at least 4 members (excludes halogenated alkanes) is 1. The molecule has 7 nitrogen and oxygen atoms in total. The molecule has 2 rings (SSSR count). The molecular formula is C16H18N2O5S2. The number of hydrogen-bond acceptors (Lipinski definition) is 5. The molecule has 2 aromatic rings. The first-order valence-electron chi connectivity index (χ1n) is 7.55. The van der Waals surface area contributed by atoms with Crippen molar-refractivity contribution in [2.75, 3.05) is 11.3 Å². The van der Waals surface area contributed by atoms with Crippen LogP contribution >= 0.6 is 11.3 Å². The summed E-state index contributed by atoms with van der Waals surface area (Å²) in [5, 5.41) is 12.9. The lowest BCUT2D eigenvalue weighted by molar-refractivity contribution is -0.137. The molecule has 0 unspecified atom stereocenters. The summed E-state index contributed by atoms with van der Waals surface area (Å²) in [6.45, 7) is 0.358. The van der Waals surface area contributed by atoms with Crippen molar-refractivity contribution in [3.63, 3.8) is 0 Å². The molecular weight excluding hydrogens is 364 g/mol. The van der Waals surface area contributed by atoms with Crippen molar-refractivity contribution in [2.24, 2.45) is 0 Å². The second-order valence-electron chi connectivity index (χ2n) is 5.23. The summed E-state index contributed by atoms with van der Waals surface area (Å²) in [5.41, 5.74) is 0.622. The number of nitrogens with one attached hydrogen (secondary N) is 2. The molecule has 0 atom stereocenters. The van der Waals surface area contributed by atoms with Gasteiger partial charge in [0.2, 0.25) is 0 Å². The van der Waals surface area contributed by atoms with Crippen LogP contribution in [0.15, 0.2) is 46.0 Å². The van der Waals surface area contributed by atoms with Gasteiger partial charge in [0, 0.05) is 24.2 Å². The van der Waals surface area contributed by atoms with E-state index in [4.69, 9.17) is 5.11 Å². The van der Waals surface area contributed by atoms with Crippen LogP contribution in [0, 0.1) is 0 Å². The van der Waals surface area contributed by atoms with Gasteiger partial charge in [-0.3, -0.25) is 14.3 Å². The van der Waals surface area contributed by atoms with Gasteiger partial charge in [0.15, 0.2) is 0 Å². The predicted molar refractivity (Wildman–Crippen MR) is 95.4 cm³/mol. The van der Waals surface area contributed by atoms with E-state index in [2.05, 4.69) is 10.0 Å². The molecule has 1 amide bonds. The van der Waals surface area contributed by atoms with E-state index in [1.807, 2.05) is 0 Å². The van der Waals surface area contributed by atoms with Gasteiger partial charge in [-0.25, -0.2) is 8.42 Å². The van der Waals surface area contributed by atoms with Crippen LogP contribution in [0.3, 0.4) is 0 Å². The number of anilines is 1. The van der Waals surface area contributed by atoms with Crippen molar-refractivity contribution in [1.82, 2.24) is 5.32 Å². The molecule has 0 aliphatic heterocycles. The minimum absolute atomic E-state index is 0.0653. The van der Waals surface area contributed by atoms with E-state index < -0.39 is 16.0 Å². The van der Waals surface area contributed by atoms with Crippen LogP contribution in [0.25, 0.3) is 0 Å². The summed E-state index contributed by atoms with van der Waals surface area (Å²) >= 11 is 1.11. The van der Waals surface area contributed by atoms with Crippen LogP contribution in [0.5, 0.6) is 0 Å². The minimum Gasteiger partial charge on any atom is -0.481 e. The van der Waals surface area contributed by atoms with Gasteiger partial charge in [0.25, 0.3) is 15.9 Å². The highest BCUT2D eigenvalue weighted by atomic mass is 32.2. The van der Waals surface area contributed by atoms with E-state index in [0.29, 0.717) is 30.6 Å². The van der Waals surface area contributed by atoms with E-state index in [9.17, 15) is 18.0 Å². The second kappa shape index (κ2) is 8.63. The largest absolute Gasteiger partial charge is 0.481 e. The SMILES string of the molecule is O=C(O)CCCCNC(=O)c1cccc(NS(=O)(=O)c2cccs2)c1. The van der Waals surface area contributed by atoms with E-state index in [1.54, 1.807) is 29.6 Å². The number of rotatable bonds is 9. The third-order valence-corrected chi connectivity index (χ3v) is 6.02. The summed E-state index contributed by atoms with van der Waals surface area (Å²) in [4.78, 5) is 22.5. The van der Waals surface area contributed by atoms with Gasteiger partial charge < -0.3 is 10.4 Å². The van der Waals surface area contributed by atoms with Crippen molar-refractivity contribution in [3.8, 4) is 0 Å². The topological polar surface area (TPSA) is 113 Å². The Kier molecular flexibility index (Phi) is 6.54. The first-order chi connectivity index (χ1) is 11.9. The van der Waals surface area contributed by atoms with Gasteiger partial charge >= 0.3 is 5.97 Å². The van der Waals surface area contributed by atoms with Gasteiger partial charge in [0.1, 0.15) is 4.21 Å². The molecule has 1 aromatic carbocycles. The maximum Gasteiger partial charge on any atom is 0.303 e. The summed E-state index contributed by atoms with van der Waals surface area (Å²) in [6, 6.07) is 9.34. The first-order valence-corrected chi connectivity index (χ1v) is 9.91. The molecule has 0 aliphatic carbocycles. The lowest BCUT2D eigenvalue weighted by Gasteiger charge is -2.09. The Bertz CT molecular complexity index is 832. The number of carbonyl (C=O) groups is 2. The fraction of sp³-hybridized carbons (Fsp3) is 0.250. The minimum atomic E-state index is -3.66. The van der Waals surface area contributed by atoms with E-state index in [0.717, 1.165) is 11.3 Å². The zero-order chi connectivity index (χ0) is 18.3. The molecule has 9 heteroatoms. The first kappa shape index (κ1) is 18.9. The summed E-state index contributed by atoms with van der Waals surface area (Å²) in [6.07, 6.45) is 1.11. The van der Waals surface area contributed by atoms with Crippen LogP contribution in [0.2, 0.25) is 0 Å². The molecule has 0 spiro atoms. The Hall–Kier alpha value is -2.39. The molecule has 0 bridgehead atoms. The molecule has 0 fully saturated rings. The fourth-order valence-corrected chi connectivity index (χ4v) is 4.09. The molecule has 0 radical (unpaired) electrons. The number of carboxylic acids is 1. The molecule has 0 aliphatic rings. The highest BCUT2D eigenvalue weighted by molar-refractivity contribution is 7.94. The fourth-order valence-electron chi connectivity index (χ4n) is 2.05. The Labute approximate surface area is 149 Å². The average molecular weight is 382 g/mol. The number of benzene rings is 1. The van der Waals surface area contributed by atoms with E-state index in [-0.39, 0.29) is 16.5 Å². The Balaban J connectivity index is 1.94. The summed E-state index contributed by atoms with van der Waals surface area (Å²) in [5.74, 6) is -1.20. The van der Waals surface area contributed by atoms with Crippen LogP contribution in [0.4, 0.5) is 5.69 Å². The zero-order valence-corrected chi connectivity index (χ0v) is 14.9. The lowest BCUT2D eigenvalue weighted by atomic mass is 10.2. The Morgan fingerprint density at radius 3 is 2.60 bits per heavy atom. The van der Waals surface area contributed by atoms with Gasteiger partial charge in [0.05, 0.1) is 0 Å². The molecule has 0 saturated heterocycles. The van der Waals surface area contributed by atoms with Crippen LogP contribution in [0.1, 0.15) is 29.6 Å². The molecule has 25 heavy (non-hydrogen) atoms. The molecule has 1 heterocycles. The standard InChI is InChI=1S/C16H18N2O5S2/c19-14(20)7-1-2-9-17-16(21)12-5-3-6-13(11-12)18-25(22,23)15-8-4-10-24-15/h3-6,8,10-11,18H,1-2,7,9H2,(H,17,21)(H,19,20). The Morgan fingerprint density at radius 2 is 1.92 bits per heavy atom. The average Bonchev–Trinajstić information content (AvgIpc) is 3.09. The van der Waals surface area contributed by atoms with Crippen molar-refractivity contribution in [1.29, 1.82) is 0 Å². The van der Waals surface area contributed by atoms with E-state index in [1.165, 1.54) is 12.1 Å². The maximum atomic E-state index is 12.2. The lowest BCUT2D eigenvalue weighted by Crippen LogP contribution is -2.24. The van der Waals surface area contributed by atoms with Crippen molar-refractivity contribution in [2.45, 2.75) is 23.5 Å². The zero-order valence-electron chi connectivity index (χ0n) is 13.3. The quantitative estimate of drug-likeness (QED) is 0.577. The maximum absolute atomic E-state index is 12.2. The van der Waals surface area contributed by atoms with Crippen molar-refractivity contribution >= 4 is 38.9 Å². The van der Waals surface area contributed by atoms with Crippen molar-refractivity contribution in [3.05, 3.63) is 47.3 Å². The molecule has 3 N–H and O–H groups in total. The van der Waals surface area contributed by atoms with Crippen molar-refractivity contribution < 1.29 is 23.1 Å². The monoisotopic (exact) mass is 382 g/mol. The number of hydrogen-bond donors (Lipinski definition) is 3. The van der Waals surface area contributed by atoms with Gasteiger partial charge in [-0.15, -0.1) is 11.3 Å². The van der Waals surface area contributed by atoms with Gasteiger partial charge in [-0.05, 0) is 42.5 Å². The smallest absolute Gasteiger partial charge is 0.303 e. The number of carboxylic acid groups (broad SMARTS) is 1. The highest BCUT2D eigenvalue weighted by Gasteiger charge is 2.16. The normalized spacial score (nSPS) is 11.0. The number of aliphatic carboxylic acids is 1. The highest BCUT2D eigenvalue weighted by Crippen LogP contribution is 2.20.